The van der Waals surface area contributed by atoms with Crippen LogP contribution in [-0.4, -0.2) is 11.1 Å². The molecule has 4 heteroatoms. The highest BCUT2D eigenvalue weighted by atomic mass is 32.1. The highest BCUT2D eigenvalue weighted by Gasteiger charge is 2.25. The zero-order valence-electron chi connectivity index (χ0n) is 4.83. The molecule has 0 bridgehead atoms. The largest absolute Gasteiger partial charge is 0.240 e. The van der Waals surface area contributed by atoms with E-state index in [1.54, 1.807) is 0 Å². The van der Waals surface area contributed by atoms with E-state index in [0.717, 1.165) is 17.9 Å². The molecular weight excluding hydrogens is 134 g/mol. The van der Waals surface area contributed by atoms with Crippen molar-refractivity contribution >= 4 is 23.7 Å². The Bertz CT molecular complexity index is 177. The lowest BCUT2D eigenvalue weighted by Crippen LogP contribution is -1.86. The quantitative estimate of drug-likeness (QED) is 0.253. The molecule has 1 aliphatic rings. The van der Waals surface area contributed by atoms with E-state index in [-0.39, 0.29) is 0 Å². The van der Waals surface area contributed by atoms with Crippen LogP contribution in [0.4, 0.5) is 0 Å². The normalized spacial score (nSPS) is 19.0. The summed E-state index contributed by atoms with van der Waals surface area (Å²) in [5, 5.41) is 14.0. The average Bonchev–Trinajstić information content (AvgIpc) is 2.63. The van der Waals surface area contributed by atoms with Crippen LogP contribution in [0.1, 0.15) is 12.8 Å². The van der Waals surface area contributed by atoms with E-state index >= 15 is 0 Å². The molecule has 1 aliphatic carbocycles. The Kier molecular flexibility index (Phi) is 2.03. The average molecular weight is 141 g/mol. The van der Waals surface area contributed by atoms with Crippen molar-refractivity contribution in [3.8, 4) is 0 Å². The molecule has 1 saturated carbocycles. The highest BCUT2D eigenvalue weighted by molar-refractivity contribution is 7.97. The van der Waals surface area contributed by atoms with Gasteiger partial charge in [0, 0.05) is 5.92 Å². The Hall–Kier alpha value is -0.600. The molecule has 1 N–H and O–H groups in total. The number of nitrogens with one attached hydrogen (secondary N) is 1. The summed E-state index contributed by atoms with van der Waals surface area (Å²) >= 11 is 4.05. The molecule has 3 nitrogen and oxygen atoms in total. The molecule has 0 aromatic carbocycles. The second-order valence-electron chi connectivity index (χ2n) is 1.94. The Morgan fingerprint density at radius 2 is 2.33 bits per heavy atom. The van der Waals surface area contributed by atoms with Gasteiger partial charge in [0.2, 0.25) is 0 Å². The first-order chi connectivity index (χ1) is 4.34. The highest BCUT2D eigenvalue weighted by Crippen LogP contribution is 2.31. The molecule has 0 aromatic rings. The number of rotatable bonds is 2. The fraction of sp³-hybridized carbons (Fsp3) is 0.600. The molecule has 0 radical (unpaired) electrons. The lowest BCUT2D eigenvalue weighted by Gasteiger charge is -1.85. The summed E-state index contributed by atoms with van der Waals surface area (Å²) in [7, 11) is 0. The van der Waals surface area contributed by atoms with Gasteiger partial charge in [0.05, 0.1) is 5.04 Å². The van der Waals surface area contributed by atoms with Crippen molar-refractivity contribution in [2.24, 2.45) is 16.1 Å². The van der Waals surface area contributed by atoms with Gasteiger partial charge < -0.3 is 0 Å². The smallest absolute Gasteiger partial charge is 0.114 e. The molecule has 9 heavy (non-hydrogen) atoms. The van der Waals surface area contributed by atoms with Crippen LogP contribution in [-0.2, 0) is 0 Å². The summed E-state index contributed by atoms with van der Waals surface area (Å²) < 4.78 is 0. The van der Waals surface area contributed by atoms with E-state index in [1.807, 2.05) is 6.01 Å². The maximum atomic E-state index is 6.40. The van der Waals surface area contributed by atoms with Gasteiger partial charge in [-0.3, -0.25) is 0 Å². The Morgan fingerprint density at radius 3 is 2.78 bits per heavy atom. The van der Waals surface area contributed by atoms with E-state index in [0.29, 0.717) is 5.92 Å². The number of hydrogen-bond acceptors (Lipinski definition) is 3. The zero-order chi connectivity index (χ0) is 6.69. The summed E-state index contributed by atoms with van der Waals surface area (Å²) in [6, 6.07) is 1.82. The van der Waals surface area contributed by atoms with Crippen LogP contribution in [0.25, 0.3) is 0 Å². The van der Waals surface area contributed by atoms with E-state index < -0.39 is 0 Å². The first-order valence-electron chi connectivity index (χ1n) is 2.73. The molecule has 0 saturated heterocycles. The second-order valence-corrected chi connectivity index (χ2v) is 2.40. The molecule has 48 valence electrons. The van der Waals surface area contributed by atoms with Gasteiger partial charge in [-0.25, -0.2) is 5.41 Å². The lowest BCUT2D eigenvalue weighted by atomic mass is 10.5. The molecule has 1 rings (SSSR count). The molecule has 1 fully saturated rings. The summed E-state index contributed by atoms with van der Waals surface area (Å²) in [5.41, 5.74) is 0. The van der Waals surface area contributed by atoms with Crippen molar-refractivity contribution in [3.05, 3.63) is 0 Å². The summed E-state index contributed by atoms with van der Waals surface area (Å²) in [6.07, 6.45) is 2.33. The van der Waals surface area contributed by atoms with Crippen LogP contribution in [0.3, 0.4) is 0 Å². The van der Waals surface area contributed by atoms with Crippen LogP contribution in [0.5, 0.6) is 0 Å². The minimum Gasteiger partial charge on any atom is -0.240 e. The van der Waals surface area contributed by atoms with Crippen LogP contribution < -0.4 is 0 Å². The SMILES string of the molecule is N=C=N/N=C(\S)C1CC1. The molecule has 0 aliphatic heterocycles. The Morgan fingerprint density at radius 1 is 1.67 bits per heavy atom. The predicted molar refractivity (Wildman–Crippen MR) is 39.3 cm³/mol. The topological polar surface area (TPSA) is 48.6 Å². The predicted octanol–water partition coefficient (Wildman–Crippen LogP) is 1.39. The fourth-order valence-corrected chi connectivity index (χ4v) is 0.802. The minimum absolute atomic E-state index is 0.519. The molecule has 0 aromatic heterocycles. The number of hydrogen-bond donors (Lipinski definition) is 2. The Labute approximate surface area is 58.8 Å². The zero-order valence-corrected chi connectivity index (χ0v) is 5.73. The van der Waals surface area contributed by atoms with Gasteiger partial charge in [-0.05, 0) is 12.8 Å². The summed E-state index contributed by atoms with van der Waals surface area (Å²) in [4.78, 5) is 0. The van der Waals surface area contributed by atoms with Gasteiger partial charge in [0.15, 0.2) is 0 Å². The van der Waals surface area contributed by atoms with Gasteiger partial charge in [-0.15, -0.1) is 17.7 Å². The van der Waals surface area contributed by atoms with E-state index in [1.165, 1.54) is 0 Å². The molecule has 0 unspecified atom stereocenters. The minimum atomic E-state index is 0.519. The fourth-order valence-electron chi connectivity index (χ4n) is 0.499. The van der Waals surface area contributed by atoms with Crippen LogP contribution in [0, 0.1) is 11.3 Å². The van der Waals surface area contributed by atoms with Gasteiger partial charge in [-0.2, -0.15) is 0 Å². The molecule has 0 atom stereocenters. The molecular formula is C5H7N3S. The first-order valence-corrected chi connectivity index (χ1v) is 3.17. The standard InChI is InChI=1S/C5H7N3S/c6-3-7-8-5(9)4-1-2-4/h4,6H,1-2H2,(H,8,9). The third-order valence-electron chi connectivity index (χ3n) is 1.14. The van der Waals surface area contributed by atoms with Crippen molar-refractivity contribution in [3.63, 3.8) is 0 Å². The maximum Gasteiger partial charge on any atom is 0.114 e. The first kappa shape index (κ1) is 6.52. The monoisotopic (exact) mass is 141 g/mol. The number of thiol groups is 1. The summed E-state index contributed by atoms with van der Waals surface area (Å²) in [6.45, 7) is 0. The van der Waals surface area contributed by atoms with Gasteiger partial charge in [0.1, 0.15) is 6.01 Å². The van der Waals surface area contributed by atoms with Crippen molar-refractivity contribution < 1.29 is 0 Å². The maximum absolute atomic E-state index is 6.40. The third kappa shape index (κ3) is 2.00. The molecule has 0 spiro atoms. The van der Waals surface area contributed by atoms with Gasteiger partial charge in [-0.1, -0.05) is 5.10 Å². The van der Waals surface area contributed by atoms with Gasteiger partial charge >= 0.3 is 0 Å². The van der Waals surface area contributed by atoms with Crippen molar-refractivity contribution in [1.29, 1.82) is 5.41 Å². The van der Waals surface area contributed by atoms with Crippen molar-refractivity contribution in [2.45, 2.75) is 12.8 Å². The third-order valence-corrected chi connectivity index (χ3v) is 1.60. The van der Waals surface area contributed by atoms with Gasteiger partial charge in [0.25, 0.3) is 0 Å². The molecule has 0 amide bonds. The molecule has 0 heterocycles. The van der Waals surface area contributed by atoms with Crippen molar-refractivity contribution in [2.75, 3.05) is 0 Å². The van der Waals surface area contributed by atoms with Crippen LogP contribution in [0.2, 0.25) is 0 Å². The second kappa shape index (κ2) is 2.80. The van der Waals surface area contributed by atoms with Crippen LogP contribution >= 0.6 is 12.6 Å². The Balaban J connectivity index is 2.46. The number of nitrogens with zero attached hydrogens (tertiary/aromatic N) is 2. The van der Waals surface area contributed by atoms with E-state index in [4.69, 9.17) is 5.41 Å². The van der Waals surface area contributed by atoms with Crippen LogP contribution in [0.15, 0.2) is 10.2 Å². The van der Waals surface area contributed by atoms with E-state index in [2.05, 4.69) is 22.8 Å². The lowest BCUT2D eigenvalue weighted by molar-refractivity contribution is 1.16. The summed E-state index contributed by atoms with van der Waals surface area (Å²) in [5.74, 6) is 0.519. The van der Waals surface area contributed by atoms with Crippen molar-refractivity contribution in [1.82, 2.24) is 0 Å². The van der Waals surface area contributed by atoms with E-state index in [9.17, 15) is 0 Å².